The zero-order valence-electron chi connectivity index (χ0n) is 32.6. The standard InChI is InChI=1S/C36H65N5O14/c1-47-14-15-48-16-17-49-18-19-50-20-21-51-22-23-52-24-25-53-26-27-54-28-29-55-30-33(43)38-11-3-2-6-31(36(46)39-12-5-10-37)40-32(42)7-4-13-41-34(44)8-9-35(41)45/h8-9,31H,2-7,10-30,37H2,1H3,(H,38,43)(H,39,46)(H,40,42)/t31-/m0/s1. The van der Waals surface area contributed by atoms with Gasteiger partial charge in [-0.1, -0.05) is 0 Å². The minimum absolute atomic E-state index is 0.0513. The third-order valence-corrected chi connectivity index (χ3v) is 7.53. The summed E-state index contributed by atoms with van der Waals surface area (Å²) in [6.45, 7) is 8.53. The Labute approximate surface area is 324 Å². The van der Waals surface area contributed by atoms with E-state index in [1.807, 2.05) is 0 Å². The van der Waals surface area contributed by atoms with Crippen LogP contribution in [0, 0.1) is 0 Å². The molecule has 0 unspecified atom stereocenters. The second-order valence-electron chi connectivity index (χ2n) is 12.0. The lowest BCUT2D eigenvalue weighted by atomic mass is 10.1. The van der Waals surface area contributed by atoms with E-state index in [1.165, 1.54) is 12.2 Å². The lowest BCUT2D eigenvalue weighted by molar-refractivity contribution is -0.137. The van der Waals surface area contributed by atoms with Gasteiger partial charge in [0, 0.05) is 45.3 Å². The summed E-state index contributed by atoms with van der Waals surface area (Å²) in [5, 5.41) is 8.29. The van der Waals surface area contributed by atoms with Gasteiger partial charge in [-0.25, -0.2) is 0 Å². The molecule has 0 radical (unpaired) electrons. The Bertz CT molecular complexity index is 1040. The first-order valence-corrected chi connectivity index (χ1v) is 19.1. The highest BCUT2D eigenvalue weighted by Gasteiger charge is 2.24. The number of imide groups is 1. The van der Waals surface area contributed by atoms with Crippen LogP contribution in [-0.2, 0) is 66.6 Å². The molecule has 1 rings (SSSR count). The fourth-order valence-corrected chi connectivity index (χ4v) is 4.62. The minimum Gasteiger partial charge on any atom is -0.382 e. The molecule has 0 aromatic heterocycles. The molecule has 1 aliphatic heterocycles. The molecule has 1 heterocycles. The van der Waals surface area contributed by atoms with Crippen LogP contribution in [0.2, 0.25) is 0 Å². The molecule has 19 heteroatoms. The number of nitrogens with zero attached hydrogens (tertiary/aromatic N) is 1. The van der Waals surface area contributed by atoms with E-state index in [4.69, 9.17) is 48.4 Å². The maximum absolute atomic E-state index is 12.7. The highest BCUT2D eigenvalue weighted by Crippen LogP contribution is 2.07. The van der Waals surface area contributed by atoms with Gasteiger partial charge in [0.05, 0.1) is 106 Å². The predicted molar refractivity (Wildman–Crippen MR) is 199 cm³/mol. The number of nitrogens with two attached hydrogens (primary N) is 1. The van der Waals surface area contributed by atoms with Crippen LogP contribution in [0.3, 0.4) is 0 Å². The fraction of sp³-hybridized carbons (Fsp3) is 0.806. The topological polar surface area (TPSA) is 234 Å². The van der Waals surface area contributed by atoms with Crippen molar-refractivity contribution in [2.75, 3.05) is 146 Å². The molecule has 0 spiro atoms. The average Bonchev–Trinajstić information content (AvgIpc) is 3.49. The van der Waals surface area contributed by atoms with Crippen LogP contribution in [-0.4, -0.2) is 186 Å². The molecule has 0 saturated heterocycles. The van der Waals surface area contributed by atoms with Gasteiger partial charge in [0.1, 0.15) is 12.6 Å². The number of carbonyl (C=O) groups is 5. The SMILES string of the molecule is COCCOCCOCCOCCOCCOCCOCCOCCOCC(=O)NCCCC[C@H](NC(=O)CCCN1C(=O)C=CC1=O)C(=O)NCCCN. The van der Waals surface area contributed by atoms with Crippen LogP contribution >= 0.6 is 0 Å². The van der Waals surface area contributed by atoms with Crippen molar-refractivity contribution in [2.24, 2.45) is 5.73 Å². The van der Waals surface area contributed by atoms with Crippen molar-refractivity contribution in [3.63, 3.8) is 0 Å². The van der Waals surface area contributed by atoms with Gasteiger partial charge in [0.15, 0.2) is 0 Å². The van der Waals surface area contributed by atoms with Gasteiger partial charge >= 0.3 is 0 Å². The van der Waals surface area contributed by atoms with Crippen molar-refractivity contribution >= 4 is 29.5 Å². The van der Waals surface area contributed by atoms with E-state index in [2.05, 4.69) is 16.0 Å². The highest BCUT2D eigenvalue weighted by atomic mass is 16.6. The van der Waals surface area contributed by atoms with Gasteiger partial charge in [-0.3, -0.25) is 28.9 Å². The van der Waals surface area contributed by atoms with E-state index in [-0.39, 0.29) is 50.3 Å². The second-order valence-corrected chi connectivity index (χ2v) is 12.0. The fourth-order valence-electron chi connectivity index (χ4n) is 4.62. The number of amides is 5. The number of nitrogens with one attached hydrogen (secondary N) is 3. The Morgan fingerprint density at radius 3 is 1.53 bits per heavy atom. The van der Waals surface area contributed by atoms with Gasteiger partial charge in [-0.2, -0.15) is 0 Å². The molecular formula is C36H65N5O14. The Morgan fingerprint density at radius 2 is 1.05 bits per heavy atom. The summed E-state index contributed by atoms with van der Waals surface area (Å²) in [4.78, 5) is 61.7. The smallest absolute Gasteiger partial charge is 0.253 e. The molecule has 1 aliphatic rings. The van der Waals surface area contributed by atoms with Crippen molar-refractivity contribution in [3.8, 4) is 0 Å². The number of unbranched alkanes of at least 4 members (excludes halogenated alkanes) is 1. The molecule has 0 saturated carbocycles. The van der Waals surface area contributed by atoms with Gasteiger partial charge in [-0.05, 0) is 38.6 Å². The zero-order chi connectivity index (χ0) is 40.0. The molecule has 0 fully saturated rings. The second kappa shape index (κ2) is 36.5. The van der Waals surface area contributed by atoms with Crippen LogP contribution in [0.1, 0.15) is 38.5 Å². The molecule has 0 aromatic carbocycles. The van der Waals surface area contributed by atoms with Crippen molar-refractivity contribution in [1.29, 1.82) is 0 Å². The van der Waals surface area contributed by atoms with E-state index in [9.17, 15) is 24.0 Å². The molecule has 19 nitrogen and oxygen atoms in total. The molecule has 55 heavy (non-hydrogen) atoms. The van der Waals surface area contributed by atoms with Gasteiger partial charge in [0.2, 0.25) is 17.7 Å². The van der Waals surface area contributed by atoms with Gasteiger partial charge in [0.25, 0.3) is 11.8 Å². The Hall–Kier alpha value is -3.11. The minimum atomic E-state index is -0.762. The first kappa shape index (κ1) is 49.9. The van der Waals surface area contributed by atoms with E-state index >= 15 is 0 Å². The third-order valence-electron chi connectivity index (χ3n) is 7.53. The highest BCUT2D eigenvalue weighted by molar-refractivity contribution is 6.12. The number of ether oxygens (including phenoxy) is 9. The number of hydrogen-bond donors (Lipinski definition) is 4. The van der Waals surface area contributed by atoms with Gasteiger partial charge in [-0.15, -0.1) is 0 Å². The van der Waals surface area contributed by atoms with Crippen molar-refractivity contribution in [1.82, 2.24) is 20.9 Å². The molecule has 0 bridgehead atoms. The summed E-state index contributed by atoms with van der Waals surface area (Å²) in [7, 11) is 1.63. The van der Waals surface area contributed by atoms with E-state index in [1.54, 1.807) is 7.11 Å². The van der Waals surface area contributed by atoms with Crippen molar-refractivity contribution < 1.29 is 66.6 Å². The molecule has 0 aliphatic carbocycles. The van der Waals surface area contributed by atoms with E-state index < -0.39 is 17.9 Å². The zero-order valence-corrected chi connectivity index (χ0v) is 32.6. The first-order valence-electron chi connectivity index (χ1n) is 19.1. The quantitative estimate of drug-likeness (QED) is 0.0418. The number of methoxy groups -OCH3 is 1. The summed E-state index contributed by atoms with van der Waals surface area (Å²) in [6, 6.07) is -0.762. The van der Waals surface area contributed by atoms with E-state index in [0.29, 0.717) is 144 Å². The van der Waals surface area contributed by atoms with Crippen molar-refractivity contribution in [2.45, 2.75) is 44.6 Å². The largest absolute Gasteiger partial charge is 0.382 e. The monoisotopic (exact) mass is 791 g/mol. The van der Waals surface area contributed by atoms with Crippen molar-refractivity contribution in [3.05, 3.63) is 12.2 Å². The average molecular weight is 792 g/mol. The summed E-state index contributed by atoms with van der Waals surface area (Å²) in [6.07, 6.45) is 4.83. The molecule has 5 N–H and O–H groups in total. The van der Waals surface area contributed by atoms with Crippen LogP contribution in [0.4, 0.5) is 0 Å². The molecule has 1 atom stereocenters. The number of carbonyl (C=O) groups excluding carboxylic acids is 5. The lowest BCUT2D eigenvalue weighted by Crippen LogP contribution is -2.47. The third kappa shape index (κ3) is 29.8. The summed E-state index contributed by atoms with van der Waals surface area (Å²) >= 11 is 0. The Balaban J connectivity index is 1.94. The van der Waals surface area contributed by atoms with E-state index in [0.717, 1.165) is 4.90 Å². The molecule has 0 aromatic rings. The Kier molecular flexibility index (Phi) is 33.1. The van der Waals surface area contributed by atoms with Crippen LogP contribution in [0.5, 0.6) is 0 Å². The predicted octanol–water partition coefficient (Wildman–Crippen LogP) is -1.29. The maximum atomic E-state index is 12.7. The summed E-state index contributed by atoms with van der Waals surface area (Å²) in [5.74, 6) is -1.75. The lowest BCUT2D eigenvalue weighted by Gasteiger charge is -2.19. The van der Waals surface area contributed by atoms with Crippen LogP contribution < -0.4 is 21.7 Å². The summed E-state index contributed by atoms with van der Waals surface area (Å²) < 4.78 is 48.2. The Morgan fingerprint density at radius 1 is 0.600 bits per heavy atom. The maximum Gasteiger partial charge on any atom is 0.253 e. The molecular weight excluding hydrogens is 726 g/mol. The normalized spacial score (nSPS) is 13.1. The molecule has 318 valence electrons. The van der Waals surface area contributed by atoms with Crippen LogP contribution in [0.15, 0.2) is 12.2 Å². The number of hydrogen-bond acceptors (Lipinski definition) is 15. The van der Waals surface area contributed by atoms with Crippen LogP contribution in [0.25, 0.3) is 0 Å². The van der Waals surface area contributed by atoms with Gasteiger partial charge < -0.3 is 64.3 Å². The molecule has 5 amide bonds. The summed E-state index contributed by atoms with van der Waals surface area (Å²) in [5.41, 5.74) is 5.50. The first-order chi connectivity index (χ1) is 26.9. The number of rotatable bonds is 40.